The quantitative estimate of drug-likeness (QED) is 0.541. The Balaban J connectivity index is 1.78. The number of ether oxygens (including phenoxy) is 2. The summed E-state index contributed by atoms with van der Waals surface area (Å²) in [5, 5.41) is 9.91. The van der Waals surface area contributed by atoms with Crippen LogP contribution < -0.4 is 4.74 Å². The van der Waals surface area contributed by atoms with Crippen molar-refractivity contribution in [1.82, 2.24) is 14.8 Å². The Morgan fingerprint density at radius 3 is 2.90 bits per heavy atom. The van der Waals surface area contributed by atoms with Gasteiger partial charge >= 0.3 is 0 Å². The zero-order valence-electron chi connectivity index (χ0n) is 11.5. The van der Waals surface area contributed by atoms with Crippen molar-refractivity contribution in [2.24, 2.45) is 0 Å². The molecule has 0 saturated carbocycles. The molecule has 0 unspecified atom stereocenters. The van der Waals surface area contributed by atoms with Gasteiger partial charge in [0, 0.05) is 24.4 Å². The fourth-order valence-electron chi connectivity index (χ4n) is 1.58. The molecule has 0 radical (unpaired) electrons. The van der Waals surface area contributed by atoms with Crippen LogP contribution in [-0.2, 0) is 11.3 Å². The summed E-state index contributed by atoms with van der Waals surface area (Å²) in [5.74, 6) is 1.37. The number of hydrogen-bond acceptors (Lipinski definition) is 5. The molecule has 1 heterocycles. The second-order valence-corrected chi connectivity index (χ2v) is 5.98. The summed E-state index contributed by atoms with van der Waals surface area (Å²) in [6.45, 7) is 1.88. The molecule has 0 bridgehead atoms. The molecule has 21 heavy (non-hydrogen) atoms. The van der Waals surface area contributed by atoms with Gasteiger partial charge in [-0.3, -0.25) is 0 Å². The predicted octanol–water partition coefficient (Wildman–Crippen LogP) is 3.40. The van der Waals surface area contributed by atoms with Gasteiger partial charge in [-0.2, -0.15) is 0 Å². The van der Waals surface area contributed by atoms with Gasteiger partial charge in [0.15, 0.2) is 5.16 Å². The highest BCUT2D eigenvalue weighted by atomic mass is 35.5. The number of rotatable bonds is 8. The fourth-order valence-corrected chi connectivity index (χ4v) is 2.80. The Hall–Kier alpha value is -0.950. The number of nitrogens with zero attached hydrogens (tertiary/aromatic N) is 3. The summed E-state index contributed by atoms with van der Waals surface area (Å²) in [6.07, 6.45) is 1.69. The molecule has 114 valence electrons. The van der Waals surface area contributed by atoms with E-state index in [4.69, 9.17) is 32.7 Å². The van der Waals surface area contributed by atoms with E-state index in [9.17, 15) is 0 Å². The van der Waals surface area contributed by atoms with E-state index < -0.39 is 0 Å². The van der Waals surface area contributed by atoms with Crippen LogP contribution in [0.5, 0.6) is 5.75 Å². The molecule has 0 saturated heterocycles. The van der Waals surface area contributed by atoms with Crippen molar-refractivity contribution in [1.29, 1.82) is 0 Å². The minimum Gasteiger partial charge on any atom is -0.491 e. The predicted molar refractivity (Wildman–Crippen MR) is 84.6 cm³/mol. The maximum absolute atomic E-state index is 6.03. The molecule has 8 heteroatoms. The smallest absolute Gasteiger partial charge is 0.191 e. The van der Waals surface area contributed by atoms with Crippen molar-refractivity contribution in [2.75, 3.05) is 26.1 Å². The van der Waals surface area contributed by atoms with Gasteiger partial charge in [-0.05, 0) is 18.2 Å². The molecule has 0 aliphatic rings. The minimum absolute atomic E-state index is 0.510. The molecule has 0 aliphatic carbocycles. The van der Waals surface area contributed by atoms with Gasteiger partial charge in [-0.25, -0.2) is 0 Å². The van der Waals surface area contributed by atoms with E-state index >= 15 is 0 Å². The van der Waals surface area contributed by atoms with Crippen molar-refractivity contribution in [3.05, 3.63) is 34.6 Å². The summed E-state index contributed by atoms with van der Waals surface area (Å²) in [7, 11) is 1.67. The third-order valence-corrected chi connectivity index (χ3v) is 4.06. The van der Waals surface area contributed by atoms with Crippen LogP contribution in [0.15, 0.2) is 29.7 Å². The molecular formula is C13H15Cl2N3O2S. The molecule has 1 aromatic carbocycles. The van der Waals surface area contributed by atoms with E-state index in [1.807, 2.05) is 4.57 Å². The lowest BCUT2D eigenvalue weighted by molar-refractivity contribution is 0.184. The van der Waals surface area contributed by atoms with Crippen molar-refractivity contribution in [3.8, 4) is 5.75 Å². The van der Waals surface area contributed by atoms with Crippen LogP contribution in [0.3, 0.4) is 0 Å². The lowest BCUT2D eigenvalue weighted by atomic mass is 10.3. The Kier molecular flexibility index (Phi) is 6.63. The van der Waals surface area contributed by atoms with Gasteiger partial charge < -0.3 is 14.0 Å². The maximum Gasteiger partial charge on any atom is 0.191 e. The van der Waals surface area contributed by atoms with Gasteiger partial charge in [0.2, 0.25) is 0 Å². The molecule has 1 aromatic heterocycles. The first-order chi connectivity index (χ1) is 10.2. The first kappa shape index (κ1) is 16.4. The normalized spacial score (nSPS) is 10.8. The number of halogens is 2. The van der Waals surface area contributed by atoms with Gasteiger partial charge in [0.05, 0.1) is 18.2 Å². The lowest BCUT2D eigenvalue weighted by Crippen LogP contribution is -2.06. The second-order valence-electron chi connectivity index (χ2n) is 4.07. The zero-order chi connectivity index (χ0) is 15.1. The Morgan fingerprint density at radius 1 is 1.29 bits per heavy atom. The van der Waals surface area contributed by atoms with E-state index in [2.05, 4.69) is 10.2 Å². The molecule has 0 aliphatic heterocycles. The second kappa shape index (κ2) is 8.48. The Bertz CT molecular complexity index is 580. The van der Waals surface area contributed by atoms with Gasteiger partial charge in [0.25, 0.3) is 0 Å². The van der Waals surface area contributed by atoms with E-state index in [1.54, 1.807) is 43.4 Å². The van der Waals surface area contributed by atoms with Crippen LogP contribution in [0.25, 0.3) is 0 Å². The molecular weight excluding hydrogens is 333 g/mol. The van der Waals surface area contributed by atoms with Crippen LogP contribution in [0.2, 0.25) is 10.0 Å². The van der Waals surface area contributed by atoms with E-state index in [0.29, 0.717) is 29.0 Å². The van der Waals surface area contributed by atoms with Crippen LogP contribution >= 0.6 is 35.0 Å². The molecule has 5 nitrogen and oxygen atoms in total. The Labute approximate surface area is 137 Å². The highest BCUT2D eigenvalue weighted by Crippen LogP contribution is 2.27. The number of methoxy groups -OCH3 is 1. The Morgan fingerprint density at radius 2 is 2.14 bits per heavy atom. The van der Waals surface area contributed by atoms with Gasteiger partial charge in [-0.15, -0.1) is 10.2 Å². The van der Waals surface area contributed by atoms with E-state index in [0.717, 1.165) is 17.5 Å². The first-order valence-electron chi connectivity index (χ1n) is 6.28. The van der Waals surface area contributed by atoms with Crippen LogP contribution in [0.1, 0.15) is 0 Å². The van der Waals surface area contributed by atoms with Crippen molar-refractivity contribution in [2.45, 2.75) is 11.7 Å². The van der Waals surface area contributed by atoms with E-state index in [-0.39, 0.29) is 0 Å². The summed E-state index contributed by atoms with van der Waals surface area (Å²) in [4.78, 5) is 0. The van der Waals surface area contributed by atoms with Crippen LogP contribution in [-0.4, -0.2) is 40.8 Å². The number of benzene rings is 1. The third kappa shape index (κ3) is 5.07. The number of aromatic nitrogens is 3. The number of thioether (sulfide) groups is 1. The average molecular weight is 348 g/mol. The summed E-state index contributed by atoms with van der Waals surface area (Å²) >= 11 is 13.4. The zero-order valence-corrected chi connectivity index (χ0v) is 13.8. The third-order valence-electron chi connectivity index (χ3n) is 2.58. The van der Waals surface area contributed by atoms with Gasteiger partial charge in [0.1, 0.15) is 12.1 Å². The van der Waals surface area contributed by atoms with Crippen LogP contribution in [0.4, 0.5) is 0 Å². The molecule has 0 fully saturated rings. The average Bonchev–Trinajstić information content (AvgIpc) is 2.90. The monoisotopic (exact) mass is 347 g/mol. The largest absolute Gasteiger partial charge is 0.491 e. The van der Waals surface area contributed by atoms with Gasteiger partial charge in [-0.1, -0.05) is 35.0 Å². The lowest BCUT2D eigenvalue weighted by Gasteiger charge is -2.08. The molecule has 0 amide bonds. The highest BCUT2D eigenvalue weighted by molar-refractivity contribution is 7.99. The molecule has 0 spiro atoms. The highest BCUT2D eigenvalue weighted by Gasteiger charge is 2.06. The summed E-state index contributed by atoms with van der Waals surface area (Å²) in [6, 6.07) is 5.17. The standard InChI is InChI=1S/C13H15Cl2N3O2S/c1-19-5-4-18-9-16-17-13(18)21-7-6-20-12-3-2-10(14)8-11(12)15/h2-3,8-9H,4-7H2,1H3. The molecule has 0 atom stereocenters. The minimum atomic E-state index is 0.510. The van der Waals surface area contributed by atoms with E-state index in [1.165, 1.54) is 0 Å². The molecule has 2 rings (SSSR count). The van der Waals surface area contributed by atoms with Crippen molar-refractivity contribution >= 4 is 35.0 Å². The van der Waals surface area contributed by atoms with Crippen molar-refractivity contribution in [3.63, 3.8) is 0 Å². The topological polar surface area (TPSA) is 49.2 Å². The number of hydrogen-bond donors (Lipinski definition) is 0. The SMILES string of the molecule is COCCn1cnnc1SCCOc1ccc(Cl)cc1Cl. The van der Waals surface area contributed by atoms with Crippen LogP contribution in [0, 0.1) is 0 Å². The molecule has 2 aromatic rings. The summed E-state index contributed by atoms with van der Waals surface area (Å²) < 4.78 is 12.6. The fraction of sp³-hybridized carbons (Fsp3) is 0.385. The molecule has 0 N–H and O–H groups in total. The first-order valence-corrected chi connectivity index (χ1v) is 8.02. The maximum atomic E-state index is 6.03. The van der Waals surface area contributed by atoms with Crippen molar-refractivity contribution < 1.29 is 9.47 Å². The summed E-state index contributed by atoms with van der Waals surface area (Å²) in [5.41, 5.74) is 0.